The molecule has 0 saturated heterocycles. The van der Waals surface area contributed by atoms with Crippen molar-refractivity contribution in [2.45, 2.75) is 25.7 Å². The van der Waals surface area contributed by atoms with Crippen LogP contribution in [0, 0.1) is 28.6 Å². The first-order valence-corrected chi connectivity index (χ1v) is 4.92. The fraction of sp³-hybridized carbons (Fsp3) is 0.900. The Morgan fingerprint density at radius 1 is 1.25 bits per heavy atom. The van der Waals surface area contributed by atoms with E-state index in [9.17, 15) is 4.79 Å². The van der Waals surface area contributed by atoms with Crippen molar-refractivity contribution in [3.63, 3.8) is 0 Å². The van der Waals surface area contributed by atoms with Crippen LogP contribution in [0.5, 0.6) is 0 Å². The zero-order chi connectivity index (χ0) is 8.14. The largest absolute Gasteiger partial charge is 0.481 e. The molecular formula is C10H12O2. The van der Waals surface area contributed by atoms with Crippen LogP contribution >= 0.6 is 0 Å². The average Bonchev–Trinajstić information content (AvgIpc) is 2.55. The third kappa shape index (κ3) is 0.329. The maximum atomic E-state index is 11.1. The van der Waals surface area contributed by atoms with Crippen molar-refractivity contribution in [2.75, 3.05) is 0 Å². The van der Waals surface area contributed by atoms with E-state index in [4.69, 9.17) is 5.11 Å². The SMILES string of the molecule is O=C(O)C12CC3CC4(CC4C1)C32. The second-order valence-electron chi connectivity index (χ2n) is 5.45. The van der Waals surface area contributed by atoms with Crippen LogP contribution in [0.2, 0.25) is 0 Å². The maximum absolute atomic E-state index is 11.1. The molecule has 0 aliphatic heterocycles. The van der Waals surface area contributed by atoms with E-state index in [0.29, 0.717) is 11.3 Å². The molecule has 12 heavy (non-hydrogen) atoms. The van der Waals surface area contributed by atoms with E-state index in [0.717, 1.165) is 24.7 Å². The molecular weight excluding hydrogens is 152 g/mol. The Labute approximate surface area is 71.0 Å². The molecule has 0 heterocycles. The van der Waals surface area contributed by atoms with E-state index in [1.54, 1.807) is 0 Å². The highest BCUT2D eigenvalue weighted by Gasteiger charge is 2.85. The van der Waals surface area contributed by atoms with E-state index in [1.807, 2.05) is 0 Å². The number of hydrogen-bond donors (Lipinski definition) is 1. The summed E-state index contributed by atoms with van der Waals surface area (Å²) in [6.45, 7) is 0. The van der Waals surface area contributed by atoms with Gasteiger partial charge in [0.15, 0.2) is 0 Å². The van der Waals surface area contributed by atoms with Crippen LogP contribution in [0.25, 0.3) is 0 Å². The fourth-order valence-corrected chi connectivity index (χ4v) is 4.93. The predicted octanol–water partition coefficient (Wildman–Crippen LogP) is 1.51. The molecule has 0 bridgehead atoms. The number of carbonyl (C=O) groups is 1. The van der Waals surface area contributed by atoms with Gasteiger partial charge in [-0.05, 0) is 48.9 Å². The molecule has 5 atom stereocenters. The van der Waals surface area contributed by atoms with Gasteiger partial charge in [-0.25, -0.2) is 0 Å². The molecule has 1 N–H and O–H groups in total. The summed E-state index contributed by atoms with van der Waals surface area (Å²) in [4.78, 5) is 11.1. The molecule has 4 fully saturated rings. The van der Waals surface area contributed by atoms with Gasteiger partial charge in [-0.1, -0.05) is 0 Å². The van der Waals surface area contributed by atoms with Gasteiger partial charge in [0.2, 0.25) is 0 Å². The molecule has 0 aromatic heterocycles. The smallest absolute Gasteiger partial charge is 0.309 e. The van der Waals surface area contributed by atoms with Gasteiger partial charge in [0.1, 0.15) is 0 Å². The third-order valence-electron chi connectivity index (χ3n) is 5.27. The zero-order valence-corrected chi connectivity index (χ0v) is 6.92. The molecule has 0 aromatic carbocycles. The molecule has 2 nitrogen and oxygen atoms in total. The van der Waals surface area contributed by atoms with Gasteiger partial charge in [0.25, 0.3) is 0 Å². The summed E-state index contributed by atoms with van der Waals surface area (Å²) in [6, 6.07) is 0. The highest BCUT2D eigenvalue weighted by molar-refractivity contribution is 5.79. The first-order valence-electron chi connectivity index (χ1n) is 4.92. The molecule has 4 saturated carbocycles. The molecule has 4 aliphatic rings. The van der Waals surface area contributed by atoms with E-state index >= 15 is 0 Å². The molecule has 4 rings (SSSR count). The Morgan fingerprint density at radius 2 is 2.08 bits per heavy atom. The molecule has 2 heteroatoms. The summed E-state index contributed by atoms with van der Waals surface area (Å²) in [5.41, 5.74) is 0.368. The molecule has 0 radical (unpaired) electrons. The Hall–Kier alpha value is -0.530. The summed E-state index contributed by atoms with van der Waals surface area (Å²) in [6.07, 6.45) is 4.76. The van der Waals surface area contributed by atoms with E-state index in [2.05, 4.69) is 0 Å². The molecule has 64 valence electrons. The molecule has 0 aromatic rings. The number of carboxylic acids is 1. The summed E-state index contributed by atoms with van der Waals surface area (Å²) in [5.74, 6) is 1.76. The molecule has 4 aliphatic carbocycles. The monoisotopic (exact) mass is 164 g/mol. The fourth-order valence-electron chi connectivity index (χ4n) is 4.93. The lowest BCUT2D eigenvalue weighted by molar-refractivity contribution is -0.192. The van der Waals surface area contributed by atoms with Gasteiger partial charge < -0.3 is 5.11 Å². The van der Waals surface area contributed by atoms with Crippen LogP contribution in [0.15, 0.2) is 0 Å². The standard InChI is InChI=1S/C10H12O2/c11-8(12)10-2-5-1-9(7(5)10)3-6(9)4-10/h5-7H,1-4H2,(H,11,12). The van der Waals surface area contributed by atoms with Crippen molar-refractivity contribution in [1.82, 2.24) is 0 Å². The van der Waals surface area contributed by atoms with Gasteiger partial charge in [0, 0.05) is 0 Å². The number of hydrogen-bond acceptors (Lipinski definition) is 1. The minimum atomic E-state index is -0.491. The summed E-state index contributed by atoms with van der Waals surface area (Å²) < 4.78 is 0. The zero-order valence-electron chi connectivity index (χ0n) is 6.92. The Kier molecular flexibility index (Phi) is 0.623. The molecule has 0 amide bonds. The lowest BCUT2D eigenvalue weighted by Crippen LogP contribution is -2.60. The first kappa shape index (κ1) is 6.01. The van der Waals surface area contributed by atoms with Gasteiger partial charge in [-0.2, -0.15) is 0 Å². The van der Waals surface area contributed by atoms with E-state index in [-0.39, 0.29) is 5.41 Å². The Bertz CT molecular complexity index is 311. The van der Waals surface area contributed by atoms with Gasteiger partial charge in [0.05, 0.1) is 5.41 Å². The van der Waals surface area contributed by atoms with Crippen LogP contribution in [0.1, 0.15) is 25.7 Å². The van der Waals surface area contributed by atoms with Crippen molar-refractivity contribution in [1.29, 1.82) is 0 Å². The van der Waals surface area contributed by atoms with Crippen LogP contribution in [0.4, 0.5) is 0 Å². The highest BCUT2D eigenvalue weighted by Crippen LogP contribution is 2.89. The number of carboxylic acid groups (broad SMARTS) is 1. The maximum Gasteiger partial charge on any atom is 0.309 e. The summed E-state index contributed by atoms with van der Waals surface area (Å²) in [5, 5.41) is 9.17. The lowest BCUT2D eigenvalue weighted by atomic mass is 9.41. The normalized spacial score (nSPS) is 68.8. The Morgan fingerprint density at radius 3 is 2.67 bits per heavy atom. The van der Waals surface area contributed by atoms with Gasteiger partial charge in [-0.3, -0.25) is 4.79 Å². The van der Waals surface area contributed by atoms with Gasteiger partial charge in [-0.15, -0.1) is 0 Å². The number of rotatable bonds is 1. The van der Waals surface area contributed by atoms with Crippen LogP contribution in [-0.2, 0) is 4.79 Å². The average molecular weight is 164 g/mol. The van der Waals surface area contributed by atoms with Crippen molar-refractivity contribution in [3.8, 4) is 0 Å². The lowest BCUT2D eigenvalue weighted by Gasteiger charge is -2.61. The topological polar surface area (TPSA) is 37.3 Å². The summed E-state index contributed by atoms with van der Waals surface area (Å²) in [7, 11) is 0. The van der Waals surface area contributed by atoms with E-state index in [1.165, 1.54) is 12.8 Å². The third-order valence-corrected chi connectivity index (χ3v) is 5.27. The van der Waals surface area contributed by atoms with Gasteiger partial charge >= 0.3 is 5.97 Å². The van der Waals surface area contributed by atoms with Crippen molar-refractivity contribution >= 4 is 5.97 Å². The minimum absolute atomic E-state index is 0.216. The van der Waals surface area contributed by atoms with Crippen LogP contribution < -0.4 is 0 Å². The van der Waals surface area contributed by atoms with E-state index < -0.39 is 5.97 Å². The number of aliphatic carboxylic acids is 1. The second kappa shape index (κ2) is 1.24. The van der Waals surface area contributed by atoms with Crippen molar-refractivity contribution in [3.05, 3.63) is 0 Å². The Balaban J connectivity index is 1.83. The predicted molar refractivity (Wildman–Crippen MR) is 41.4 cm³/mol. The van der Waals surface area contributed by atoms with Crippen LogP contribution in [-0.4, -0.2) is 11.1 Å². The summed E-state index contributed by atoms with van der Waals surface area (Å²) >= 11 is 0. The highest BCUT2D eigenvalue weighted by atomic mass is 16.4. The molecule has 5 unspecified atom stereocenters. The van der Waals surface area contributed by atoms with Crippen molar-refractivity contribution in [2.24, 2.45) is 28.6 Å². The van der Waals surface area contributed by atoms with Crippen LogP contribution in [0.3, 0.4) is 0 Å². The molecule has 1 spiro atoms. The second-order valence-corrected chi connectivity index (χ2v) is 5.45. The minimum Gasteiger partial charge on any atom is -0.481 e. The van der Waals surface area contributed by atoms with Crippen molar-refractivity contribution < 1.29 is 9.90 Å². The first-order chi connectivity index (χ1) is 5.69. The quantitative estimate of drug-likeness (QED) is 0.637.